The summed E-state index contributed by atoms with van der Waals surface area (Å²) in [5.41, 5.74) is 0.175. The third-order valence-corrected chi connectivity index (χ3v) is 4.51. The number of hydrogen-bond donors (Lipinski definition) is 2. The molecule has 1 saturated heterocycles. The summed E-state index contributed by atoms with van der Waals surface area (Å²) >= 11 is 0.986. The van der Waals surface area contributed by atoms with Crippen molar-refractivity contribution in [1.82, 2.24) is 4.98 Å². The van der Waals surface area contributed by atoms with E-state index in [1.165, 1.54) is 23.6 Å². The number of carbonyl (C=O) groups is 3. The van der Waals surface area contributed by atoms with Crippen molar-refractivity contribution >= 4 is 45.6 Å². The Labute approximate surface area is 150 Å². The molecule has 0 radical (unpaired) electrons. The molecule has 1 aromatic carbocycles. The number of amides is 2. The zero-order valence-electron chi connectivity index (χ0n) is 13.1. The molecule has 1 fully saturated rings. The number of nitrogens with one attached hydrogen (secondary N) is 1. The Hall–Kier alpha value is -3.34. The monoisotopic (exact) mass is 376 g/mol. The minimum absolute atomic E-state index is 0.0862. The van der Waals surface area contributed by atoms with Gasteiger partial charge < -0.3 is 10.4 Å². The van der Waals surface area contributed by atoms with E-state index >= 15 is 0 Å². The van der Waals surface area contributed by atoms with Crippen LogP contribution in [0.3, 0.4) is 0 Å². The Balaban J connectivity index is 1.80. The van der Waals surface area contributed by atoms with Crippen LogP contribution in [0, 0.1) is 10.1 Å². The van der Waals surface area contributed by atoms with E-state index < -0.39 is 28.7 Å². The molecule has 1 atom stereocenters. The lowest BCUT2D eigenvalue weighted by Crippen LogP contribution is -2.34. The summed E-state index contributed by atoms with van der Waals surface area (Å²) in [6.07, 6.45) is -0.497. The Bertz CT molecular complexity index is 911. The van der Waals surface area contributed by atoms with E-state index in [1.807, 2.05) is 0 Å². The van der Waals surface area contributed by atoms with Gasteiger partial charge in [-0.15, -0.1) is 11.3 Å². The summed E-state index contributed by atoms with van der Waals surface area (Å²) in [6.45, 7) is 0. The van der Waals surface area contributed by atoms with Gasteiger partial charge >= 0.3 is 5.97 Å². The number of nitro groups is 1. The van der Waals surface area contributed by atoms with Crippen molar-refractivity contribution in [1.29, 1.82) is 0 Å². The van der Waals surface area contributed by atoms with Crippen LogP contribution in [0.1, 0.15) is 12.1 Å². The van der Waals surface area contributed by atoms with Crippen molar-refractivity contribution in [3.63, 3.8) is 0 Å². The second kappa shape index (κ2) is 6.88. The number of carboxylic acids is 1. The molecule has 2 aromatic rings. The summed E-state index contributed by atoms with van der Waals surface area (Å²) in [5, 5.41) is 24.1. The number of anilines is 2. The van der Waals surface area contributed by atoms with Crippen molar-refractivity contribution < 1.29 is 24.4 Å². The number of imide groups is 1. The molecule has 0 aliphatic carbocycles. The number of nitro benzene ring substituents is 1. The maximum Gasteiger partial charge on any atom is 0.309 e. The van der Waals surface area contributed by atoms with Crippen LogP contribution >= 0.6 is 11.3 Å². The third-order valence-electron chi connectivity index (χ3n) is 3.64. The quantitative estimate of drug-likeness (QED) is 0.438. The van der Waals surface area contributed by atoms with Gasteiger partial charge in [0.2, 0.25) is 5.91 Å². The molecule has 2 amide bonds. The lowest BCUT2D eigenvalue weighted by Gasteiger charge is -2.13. The van der Waals surface area contributed by atoms with Crippen LogP contribution < -0.4 is 10.2 Å². The van der Waals surface area contributed by atoms with Crippen molar-refractivity contribution in [3.8, 4) is 0 Å². The maximum absolute atomic E-state index is 12.6. The number of carboxylic acid groups (broad SMARTS) is 1. The molecule has 2 heterocycles. The Morgan fingerprint density at radius 1 is 1.42 bits per heavy atom. The Kier molecular flexibility index (Phi) is 4.63. The van der Waals surface area contributed by atoms with Crippen molar-refractivity contribution in [2.75, 3.05) is 10.2 Å². The van der Waals surface area contributed by atoms with Gasteiger partial charge in [-0.3, -0.25) is 24.5 Å². The van der Waals surface area contributed by atoms with Gasteiger partial charge in [0.1, 0.15) is 11.7 Å². The zero-order chi connectivity index (χ0) is 18.8. The largest absolute Gasteiger partial charge is 0.481 e. The summed E-state index contributed by atoms with van der Waals surface area (Å²) in [7, 11) is 0. The highest BCUT2D eigenvalue weighted by molar-refractivity contribution is 7.14. The molecule has 0 bridgehead atoms. The normalized spacial score (nSPS) is 16.8. The fraction of sp³-hybridized carbons (Fsp3) is 0.200. The molecular weight excluding hydrogens is 364 g/mol. The first kappa shape index (κ1) is 17.5. The molecular formula is C15H12N4O6S. The van der Waals surface area contributed by atoms with E-state index in [4.69, 9.17) is 5.11 Å². The van der Waals surface area contributed by atoms with Crippen molar-refractivity contribution in [2.24, 2.45) is 0 Å². The van der Waals surface area contributed by atoms with E-state index in [1.54, 1.807) is 6.07 Å². The summed E-state index contributed by atoms with van der Waals surface area (Å²) in [5.74, 6) is -2.18. The van der Waals surface area contributed by atoms with Crippen LogP contribution in [0.2, 0.25) is 0 Å². The fourth-order valence-corrected chi connectivity index (χ4v) is 3.37. The van der Waals surface area contributed by atoms with Crippen LogP contribution in [0.25, 0.3) is 0 Å². The van der Waals surface area contributed by atoms with Crippen LogP contribution in [0.15, 0.2) is 29.6 Å². The molecule has 26 heavy (non-hydrogen) atoms. The number of aromatic nitrogens is 1. The molecule has 3 rings (SSSR count). The molecule has 1 unspecified atom stereocenters. The number of hydrogen-bond acceptors (Lipinski definition) is 8. The predicted molar refractivity (Wildman–Crippen MR) is 91.1 cm³/mol. The molecule has 10 nitrogen and oxygen atoms in total. The molecule has 134 valence electrons. The van der Waals surface area contributed by atoms with Gasteiger partial charge in [-0.25, -0.2) is 9.88 Å². The number of nitrogens with zero attached hydrogens (tertiary/aromatic N) is 3. The number of benzene rings is 1. The first-order valence-electron chi connectivity index (χ1n) is 7.39. The van der Waals surface area contributed by atoms with Gasteiger partial charge in [-0.2, -0.15) is 0 Å². The number of carbonyl (C=O) groups excluding carboxylic acids is 2. The average Bonchev–Trinajstić information content (AvgIpc) is 3.11. The second-order valence-corrected chi connectivity index (χ2v) is 6.27. The Morgan fingerprint density at radius 2 is 2.15 bits per heavy atom. The number of rotatable bonds is 6. The number of thiazole rings is 1. The lowest BCUT2D eigenvalue weighted by atomic mass is 10.2. The first-order valence-corrected chi connectivity index (χ1v) is 8.27. The SMILES string of the molecule is O=C(O)Cc1csc(N2C(=O)CC(Nc3ccccc3[N+](=O)[O-])C2=O)n1. The minimum atomic E-state index is -1.07. The van der Waals surface area contributed by atoms with Crippen LogP contribution in [0.4, 0.5) is 16.5 Å². The van der Waals surface area contributed by atoms with E-state index in [0.717, 1.165) is 16.2 Å². The Morgan fingerprint density at radius 3 is 2.85 bits per heavy atom. The highest BCUT2D eigenvalue weighted by atomic mass is 32.1. The molecule has 11 heteroatoms. The molecule has 0 saturated carbocycles. The standard InChI is InChI=1S/C15H12N4O6S/c20-12-6-10(17-9-3-1-2-4-11(9)19(24)25)14(23)18(12)15-16-8(7-26-15)5-13(21)22/h1-4,7,10,17H,5-6H2,(H,21,22). The fourth-order valence-electron chi connectivity index (χ4n) is 2.52. The van der Waals surface area contributed by atoms with Gasteiger partial charge in [-0.1, -0.05) is 12.1 Å². The number of aliphatic carboxylic acids is 1. The molecule has 1 aromatic heterocycles. The summed E-state index contributed by atoms with van der Waals surface area (Å²) in [6, 6.07) is 4.85. The third kappa shape index (κ3) is 3.37. The van der Waals surface area contributed by atoms with Crippen LogP contribution in [-0.4, -0.2) is 38.8 Å². The predicted octanol–water partition coefficient (Wildman–Crippen LogP) is 1.42. The zero-order valence-corrected chi connectivity index (χ0v) is 13.9. The maximum atomic E-state index is 12.6. The molecule has 2 N–H and O–H groups in total. The summed E-state index contributed by atoms with van der Waals surface area (Å²) in [4.78, 5) is 50.9. The smallest absolute Gasteiger partial charge is 0.309 e. The van der Waals surface area contributed by atoms with Crippen LogP contribution in [-0.2, 0) is 20.8 Å². The highest BCUT2D eigenvalue weighted by Crippen LogP contribution is 2.30. The van der Waals surface area contributed by atoms with E-state index in [-0.39, 0.29) is 35.0 Å². The highest BCUT2D eigenvalue weighted by Gasteiger charge is 2.41. The molecule has 0 spiro atoms. The average molecular weight is 376 g/mol. The topological polar surface area (TPSA) is 143 Å². The van der Waals surface area contributed by atoms with Gasteiger partial charge in [0, 0.05) is 11.4 Å². The molecule has 1 aliphatic rings. The van der Waals surface area contributed by atoms with Gasteiger partial charge in [0.05, 0.1) is 23.5 Å². The van der Waals surface area contributed by atoms with E-state index in [9.17, 15) is 24.5 Å². The first-order chi connectivity index (χ1) is 12.4. The van der Waals surface area contributed by atoms with Gasteiger partial charge in [0.15, 0.2) is 5.13 Å². The van der Waals surface area contributed by atoms with Crippen LogP contribution in [0.5, 0.6) is 0 Å². The van der Waals surface area contributed by atoms with Gasteiger partial charge in [0.25, 0.3) is 11.6 Å². The minimum Gasteiger partial charge on any atom is -0.481 e. The van der Waals surface area contributed by atoms with E-state index in [0.29, 0.717) is 0 Å². The molecule has 1 aliphatic heterocycles. The lowest BCUT2D eigenvalue weighted by molar-refractivity contribution is -0.384. The van der Waals surface area contributed by atoms with Crippen molar-refractivity contribution in [3.05, 3.63) is 45.5 Å². The van der Waals surface area contributed by atoms with Gasteiger partial charge in [-0.05, 0) is 6.07 Å². The summed E-state index contributed by atoms with van der Waals surface area (Å²) < 4.78 is 0. The second-order valence-electron chi connectivity index (χ2n) is 5.43. The van der Waals surface area contributed by atoms with E-state index in [2.05, 4.69) is 10.3 Å². The number of para-hydroxylation sites is 2. The van der Waals surface area contributed by atoms with Crippen molar-refractivity contribution in [2.45, 2.75) is 18.9 Å².